The van der Waals surface area contributed by atoms with Gasteiger partial charge in [0.15, 0.2) is 0 Å². The Bertz CT molecular complexity index is 868. The van der Waals surface area contributed by atoms with Gasteiger partial charge >= 0.3 is 0 Å². The topological polar surface area (TPSA) is 131 Å². The maximum atomic E-state index is 12.3. The van der Waals surface area contributed by atoms with Gasteiger partial charge in [-0.15, -0.1) is 0 Å². The van der Waals surface area contributed by atoms with Crippen LogP contribution >= 0.6 is 0 Å². The van der Waals surface area contributed by atoms with Crippen molar-refractivity contribution in [2.24, 2.45) is 11.1 Å². The van der Waals surface area contributed by atoms with E-state index in [9.17, 15) is 13.2 Å². The van der Waals surface area contributed by atoms with Crippen LogP contribution in [0.2, 0.25) is 0 Å². The van der Waals surface area contributed by atoms with E-state index in [1.165, 1.54) is 0 Å². The van der Waals surface area contributed by atoms with E-state index in [4.69, 9.17) is 9.88 Å². The molecule has 1 fully saturated rings. The van der Waals surface area contributed by atoms with Crippen molar-refractivity contribution >= 4 is 15.9 Å². The van der Waals surface area contributed by atoms with Gasteiger partial charge in [0.25, 0.3) is 0 Å². The zero-order chi connectivity index (χ0) is 20.0. The number of H-pyrrole nitrogens is 1. The fourth-order valence-corrected chi connectivity index (χ4v) is 3.79. The van der Waals surface area contributed by atoms with Gasteiger partial charge in [0, 0.05) is 31.6 Å². The summed E-state index contributed by atoms with van der Waals surface area (Å²) in [5.74, 6) is 0.725. The van der Waals surface area contributed by atoms with Gasteiger partial charge in [0.1, 0.15) is 5.75 Å². The third kappa shape index (κ3) is 6.03. The summed E-state index contributed by atoms with van der Waals surface area (Å²) in [5, 5.41) is 11.7. The smallest absolute Gasteiger partial charge is 0.222 e. The number of likely N-dealkylation sites (tertiary alicyclic amines) is 1. The highest BCUT2D eigenvalue weighted by Crippen LogP contribution is 2.21. The highest BCUT2D eigenvalue weighted by molar-refractivity contribution is 7.89. The molecule has 1 saturated heterocycles. The summed E-state index contributed by atoms with van der Waals surface area (Å²) in [4.78, 5) is 18.4. The maximum absolute atomic E-state index is 12.3. The molecular formula is C18H25N5O4S. The number of hydrogen-bond donors (Lipinski definition) is 2. The first kappa shape index (κ1) is 20.3. The fourth-order valence-electron chi connectivity index (χ4n) is 3.25. The summed E-state index contributed by atoms with van der Waals surface area (Å²) in [6.45, 7) is 1.82. The van der Waals surface area contributed by atoms with Crippen LogP contribution in [-0.2, 0) is 14.8 Å². The molecule has 1 atom stereocenters. The Kier molecular flexibility index (Phi) is 6.63. The molecule has 28 heavy (non-hydrogen) atoms. The highest BCUT2D eigenvalue weighted by Gasteiger charge is 2.24. The highest BCUT2D eigenvalue weighted by atomic mass is 32.2. The summed E-state index contributed by atoms with van der Waals surface area (Å²) in [7, 11) is -3.52. The van der Waals surface area contributed by atoms with Gasteiger partial charge < -0.3 is 9.64 Å². The van der Waals surface area contributed by atoms with E-state index < -0.39 is 10.0 Å². The van der Waals surface area contributed by atoms with Crippen molar-refractivity contribution < 1.29 is 17.9 Å². The molecule has 0 spiro atoms. The number of carbonyl (C=O) groups excluding carboxylic acids is 1. The number of hydrogen-bond acceptors (Lipinski definition) is 6. The molecule has 0 radical (unpaired) electrons. The predicted octanol–water partition coefficient (Wildman–Crippen LogP) is 1.16. The molecule has 0 saturated carbocycles. The number of nitrogens with two attached hydrogens (primary N) is 1. The van der Waals surface area contributed by atoms with Crippen LogP contribution in [-0.4, -0.2) is 59.9 Å². The van der Waals surface area contributed by atoms with Gasteiger partial charge in [-0.2, -0.15) is 5.10 Å². The lowest BCUT2D eigenvalue weighted by Crippen LogP contribution is -2.41. The first-order chi connectivity index (χ1) is 13.4. The quantitative estimate of drug-likeness (QED) is 0.675. The number of aromatic amines is 1. The molecule has 0 aliphatic carbocycles. The Morgan fingerprint density at radius 3 is 2.89 bits per heavy atom. The Morgan fingerprint density at radius 2 is 2.21 bits per heavy atom. The molecule has 0 aromatic carbocycles. The van der Waals surface area contributed by atoms with E-state index in [-0.39, 0.29) is 30.4 Å². The van der Waals surface area contributed by atoms with Crippen molar-refractivity contribution in [2.45, 2.75) is 25.7 Å². The van der Waals surface area contributed by atoms with E-state index in [0.717, 1.165) is 24.2 Å². The second-order valence-corrected chi connectivity index (χ2v) is 8.71. The number of sulfonamides is 1. The van der Waals surface area contributed by atoms with Crippen LogP contribution in [0.1, 0.15) is 25.7 Å². The lowest BCUT2D eigenvalue weighted by Gasteiger charge is -2.32. The predicted molar refractivity (Wildman–Crippen MR) is 104 cm³/mol. The van der Waals surface area contributed by atoms with Crippen molar-refractivity contribution in [3.63, 3.8) is 0 Å². The Hall–Kier alpha value is -2.46. The van der Waals surface area contributed by atoms with Crippen LogP contribution in [0.3, 0.4) is 0 Å². The number of aromatic nitrogens is 3. The third-order valence-electron chi connectivity index (χ3n) is 4.69. The Labute approximate surface area is 164 Å². The van der Waals surface area contributed by atoms with E-state index in [2.05, 4.69) is 15.2 Å². The van der Waals surface area contributed by atoms with Crippen molar-refractivity contribution in [1.29, 1.82) is 0 Å². The van der Waals surface area contributed by atoms with Crippen LogP contribution in [0.4, 0.5) is 0 Å². The molecule has 10 heteroatoms. The average Bonchev–Trinajstić information content (AvgIpc) is 3.21. The molecule has 0 bridgehead atoms. The average molecular weight is 407 g/mol. The summed E-state index contributed by atoms with van der Waals surface area (Å²) in [6.07, 6.45) is 5.70. The largest absolute Gasteiger partial charge is 0.492 e. The van der Waals surface area contributed by atoms with Gasteiger partial charge in [-0.3, -0.25) is 14.9 Å². The summed E-state index contributed by atoms with van der Waals surface area (Å²) < 4.78 is 27.8. The van der Waals surface area contributed by atoms with Gasteiger partial charge in [-0.05, 0) is 37.5 Å². The third-order valence-corrected chi connectivity index (χ3v) is 5.55. The van der Waals surface area contributed by atoms with E-state index >= 15 is 0 Å². The number of pyridine rings is 1. The number of nitrogens with zero attached hydrogens (tertiary/aromatic N) is 3. The molecule has 1 amide bonds. The number of carbonyl (C=O) groups is 1. The van der Waals surface area contributed by atoms with Crippen LogP contribution < -0.4 is 9.88 Å². The van der Waals surface area contributed by atoms with Gasteiger partial charge in [0.2, 0.25) is 15.9 Å². The number of amides is 1. The van der Waals surface area contributed by atoms with Gasteiger partial charge in [-0.1, -0.05) is 0 Å². The number of nitrogens with one attached hydrogen (secondary N) is 1. The molecule has 1 aliphatic rings. The van der Waals surface area contributed by atoms with Crippen LogP contribution in [0, 0.1) is 5.92 Å². The minimum Gasteiger partial charge on any atom is -0.492 e. The summed E-state index contributed by atoms with van der Waals surface area (Å²) >= 11 is 0. The molecule has 9 nitrogen and oxygen atoms in total. The molecule has 2 aromatic heterocycles. The van der Waals surface area contributed by atoms with Crippen LogP contribution in [0.5, 0.6) is 5.75 Å². The number of primary sulfonamides is 1. The minimum atomic E-state index is -3.52. The molecule has 0 unspecified atom stereocenters. The lowest BCUT2D eigenvalue weighted by atomic mass is 9.98. The van der Waals surface area contributed by atoms with Gasteiger partial charge in [-0.25, -0.2) is 13.6 Å². The van der Waals surface area contributed by atoms with E-state index in [0.29, 0.717) is 25.4 Å². The van der Waals surface area contributed by atoms with Crippen LogP contribution in [0.25, 0.3) is 11.4 Å². The normalized spacial score (nSPS) is 17.5. The zero-order valence-corrected chi connectivity index (χ0v) is 16.4. The number of ether oxygens (including phenoxy) is 1. The molecule has 3 rings (SSSR count). The van der Waals surface area contributed by atoms with Crippen molar-refractivity contribution in [2.75, 3.05) is 25.4 Å². The Morgan fingerprint density at radius 1 is 1.36 bits per heavy atom. The molecule has 1 aliphatic heterocycles. The zero-order valence-electron chi connectivity index (χ0n) is 15.6. The standard InChI is InChI=1S/C18H25N5O4S/c19-28(25,26)10-2-4-18(24)23-9-1-3-14(12-23)13-27-15-5-6-16(20-11-15)17-7-8-21-22-17/h5-8,11,14H,1-4,9-10,12-13H2,(H,21,22)(H2,19,25,26)/t14-/m1/s1. The molecular weight excluding hydrogens is 382 g/mol. The molecule has 2 aromatic rings. The van der Waals surface area contributed by atoms with Gasteiger partial charge in [0.05, 0.1) is 29.9 Å². The monoisotopic (exact) mass is 407 g/mol. The molecule has 3 heterocycles. The van der Waals surface area contributed by atoms with Crippen LogP contribution in [0.15, 0.2) is 30.6 Å². The van der Waals surface area contributed by atoms with Crippen molar-refractivity contribution in [3.05, 3.63) is 30.6 Å². The first-order valence-corrected chi connectivity index (χ1v) is 11.0. The molecule has 152 valence electrons. The number of rotatable bonds is 8. The second-order valence-electron chi connectivity index (χ2n) is 6.98. The maximum Gasteiger partial charge on any atom is 0.222 e. The second kappa shape index (κ2) is 9.16. The summed E-state index contributed by atoms with van der Waals surface area (Å²) in [6, 6.07) is 5.58. The minimum absolute atomic E-state index is 0.0288. The van der Waals surface area contributed by atoms with E-state index in [1.807, 2.05) is 18.2 Å². The SMILES string of the molecule is NS(=O)(=O)CCCC(=O)N1CCC[C@@H](COc2ccc(-c3ccn[nH]3)nc2)C1. The Balaban J connectivity index is 1.45. The first-order valence-electron chi connectivity index (χ1n) is 9.27. The fraction of sp³-hybridized carbons (Fsp3) is 0.500. The number of piperidine rings is 1. The van der Waals surface area contributed by atoms with Crippen molar-refractivity contribution in [3.8, 4) is 17.1 Å². The van der Waals surface area contributed by atoms with Crippen molar-refractivity contribution in [1.82, 2.24) is 20.1 Å². The molecule has 3 N–H and O–H groups in total. The summed E-state index contributed by atoms with van der Waals surface area (Å²) in [5.41, 5.74) is 1.63. The lowest BCUT2D eigenvalue weighted by molar-refractivity contribution is -0.133. The van der Waals surface area contributed by atoms with E-state index in [1.54, 1.807) is 17.3 Å².